The summed E-state index contributed by atoms with van der Waals surface area (Å²) < 4.78 is 6.03. The van der Waals surface area contributed by atoms with Gasteiger partial charge < -0.3 is 9.84 Å². The maximum Gasteiger partial charge on any atom is 0.0790 e. The van der Waals surface area contributed by atoms with Crippen molar-refractivity contribution in [3.8, 4) is 0 Å². The van der Waals surface area contributed by atoms with Crippen LogP contribution in [0.2, 0.25) is 0 Å². The standard InChI is InChI=1S/C17H24O2/c1-13-9-10-15(17(2,3)18)11-16(13)19-12-14-7-5-4-6-8-14/h4-9,15-16,18H,10-12H2,1-3H3/t15-,16+/m1/s1. The third kappa shape index (κ3) is 3.92. The van der Waals surface area contributed by atoms with E-state index in [0.29, 0.717) is 6.61 Å². The monoisotopic (exact) mass is 260 g/mol. The van der Waals surface area contributed by atoms with Crippen LogP contribution in [0.5, 0.6) is 0 Å². The molecule has 19 heavy (non-hydrogen) atoms. The van der Waals surface area contributed by atoms with Crippen LogP contribution in [0.4, 0.5) is 0 Å². The summed E-state index contributed by atoms with van der Waals surface area (Å²) in [6.45, 7) is 6.53. The summed E-state index contributed by atoms with van der Waals surface area (Å²) in [5, 5.41) is 10.1. The van der Waals surface area contributed by atoms with E-state index >= 15 is 0 Å². The van der Waals surface area contributed by atoms with E-state index in [1.165, 1.54) is 11.1 Å². The Morgan fingerprint density at radius 2 is 1.95 bits per heavy atom. The molecule has 2 rings (SSSR count). The van der Waals surface area contributed by atoms with Gasteiger partial charge in [0.25, 0.3) is 0 Å². The molecule has 0 spiro atoms. The van der Waals surface area contributed by atoms with Crippen LogP contribution in [0.1, 0.15) is 39.2 Å². The van der Waals surface area contributed by atoms with Crippen molar-refractivity contribution in [1.82, 2.24) is 0 Å². The summed E-state index contributed by atoms with van der Waals surface area (Å²) in [7, 11) is 0. The van der Waals surface area contributed by atoms with E-state index in [4.69, 9.17) is 4.74 Å². The zero-order chi connectivity index (χ0) is 13.9. The van der Waals surface area contributed by atoms with Crippen molar-refractivity contribution < 1.29 is 9.84 Å². The van der Waals surface area contributed by atoms with E-state index in [0.717, 1.165) is 12.8 Å². The van der Waals surface area contributed by atoms with Gasteiger partial charge in [-0.3, -0.25) is 0 Å². The first-order valence-electron chi connectivity index (χ1n) is 7.01. The Morgan fingerprint density at radius 3 is 2.58 bits per heavy atom. The van der Waals surface area contributed by atoms with E-state index in [1.807, 2.05) is 32.0 Å². The molecule has 1 aliphatic rings. The van der Waals surface area contributed by atoms with Crippen molar-refractivity contribution in [2.45, 2.75) is 51.9 Å². The Kier molecular flexibility index (Phi) is 4.43. The molecule has 2 heteroatoms. The van der Waals surface area contributed by atoms with Crippen molar-refractivity contribution >= 4 is 0 Å². The Balaban J connectivity index is 1.96. The molecule has 0 amide bonds. The van der Waals surface area contributed by atoms with E-state index in [9.17, 15) is 5.11 Å². The molecule has 0 aromatic heterocycles. The molecule has 1 aromatic carbocycles. The molecule has 1 N–H and O–H groups in total. The van der Waals surface area contributed by atoms with Gasteiger partial charge in [-0.05, 0) is 50.7 Å². The van der Waals surface area contributed by atoms with Gasteiger partial charge in [-0.15, -0.1) is 0 Å². The van der Waals surface area contributed by atoms with Gasteiger partial charge in [0.15, 0.2) is 0 Å². The van der Waals surface area contributed by atoms with Crippen LogP contribution < -0.4 is 0 Å². The number of hydrogen-bond donors (Lipinski definition) is 1. The Bertz CT molecular complexity index is 428. The highest BCUT2D eigenvalue weighted by Crippen LogP contribution is 2.33. The quantitative estimate of drug-likeness (QED) is 0.836. The number of hydrogen-bond acceptors (Lipinski definition) is 2. The van der Waals surface area contributed by atoms with Gasteiger partial charge in [-0.1, -0.05) is 36.4 Å². The highest BCUT2D eigenvalue weighted by atomic mass is 16.5. The lowest BCUT2D eigenvalue weighted by atomic mass is 9.78. The van der Waals surface area contributed by atoms with Crippen LogP contribution in [-0.2, 0) is 11.3 Å². The van der Waals surface area contributed by atoms with Gasteiger partial charge in [0.1, 0.15) is 0 Å². The summed E-state index contributed by atoms with van der Waals surface area (Å²) in [5.41, 5.74) is 1.85. The summed E-state index contributed by atoms with van der Waals surface area (Å²) in [4.78, 5) is 0. The molecule has 0 bridgehead atoms. The van der Waals surface area contributed by atoms with Gasteiger partial charge in [0.05, 0.1) is 18.3 Å². The van der Waals surface area contributed by atoms with Crippen molar-refractivity contribution in [2.24, 2.45) is 5.92 Å². The third-order valence-electron chi connectivity index (χ3n) is 4.02. The van der Waals surface area contributed by atoms with Gasteiger partial charge in [0, 0.05) is 0 Å². The molecular weight excluding hydrogens is 236 g/mol. The summed E-state index contributed by atoms with van der Waals surface area (Å²) in [5.74, 6) is 0.275. The molecule has 2 atom stereocenters. The number of rotatable bonds is 4. The molecule has 0 aliphatic heterocycles. The van der Waals surface area contributed by atoms with Crippen molar-refractivity contribution in [2.75, 3.05) is 0 Å². The minimum absolute atomic E-state index is 0.130. The highest BCUT2D eigenvalue weighted by Gasteiger charge is 2.32. The van der Waals surface area contributed by atoms with Gasteiger partial charge in [0.2, 0.25) is 0 Å². The SMILES string of the molecule is CC1=CC[C@@H](C(C)(C)O)C[C@@H]1OCc1ccccc1. The van der Waals surface area contributed by atoms with Crippen molar-refractivity contribution in [3.05, 3.63) is 47.5 Å². The molecule has 1 aromatic rings. The molecule has 0 heterocycles. The Labute approximate surface area is 116 Å². The molecule has 0 fully saturated rings. The Hall–Kier alpha value is -1.12. The van der Waals surface area contributed by atoms with Crippen LogP contribution in [0.3, 0.4) is 0 Å². The van der Waals surface area contributed by atoms with E-state index in [1.54, 1.807) is 0 Å². The first kappa shape index (κ1) is 14.3. The van der Waals surface area contributed by atoms with E-state index in [2.05, 4.69) is 25.1 Å². The topological polar surface area (TPSA) is 29.5 Å². The first-order chi connectivity index (χ1) is 8.97. The van der Waals surface area contributed by atoms with Crippen LogP contribution in [0, 0.1) is 5.92 Å². The number of allylic oxidation sites excluding steroid dienone is 1. The van der Waals surface area contributed by atoms with Crippen LogP contribution >= 0.6 is 0 Å². The minimum Gasteiger partial charge on any atom is -0.390 e. The van der Waals surface area contributed by atoms with Crippen LogP contribution in [-0.4, -0.2) is 16.8 Å². The van der Waals surface area contributed by atoms with Crippen LogP contribution in [0.25, 0.3) is 0 Å². The highest BCUT2D eigenvalue weighted by molar-refractivity contribution is 5.15. The first-order valence-corrected chi connectivity index (χ1v) is 7.01. The zero-order valence-electron chi connectivity index (χ0n) is 12.1. The average molecular weight is 260 g/mol. The smallest absolute Gasteiger partial charge is 0.0790 e. The second-order valence-electron chi connectivity index (χ2n) is 6.06. The predicted molar refractivity (Wildman–Crippen MR) is 77.8 cm³/mol. The molecule has 0 unspecified atom stereocenters. The third-order valence-corrected chi connectivity index (χ3v) is 4.02. The molecule has 0 saturated carbocycles. The van der Waals surface area contributed by atoms with Gasteiger partial charge in [-0.2, -0.15) is 0 Å². The van der Waals surface area contributed by atoms with Crippen LogP contribution in [0.15, 0.2) is 42.0 Å². The summed E-state index contributed by atoms with van der Waals surface area (Å²) in [6.07, 6.45) is 4.19. The number of benzene rings is 1. The minimum atomic E-state index is -0.633. The fourth-order valence-electron chi connectivity index (χ4n) is 2.55. The maximum atomic E-state index is 10.1. The summed E-state index contributed by atoms with van der Waals surface area (Å²) in [6, 6.07) is 10.2. The van der Waals surface area contributed by atoms with Crippen molar-refractivity contribution in [3.63, 3.8) is 0 Å². The second-order valence-corrected chi connectivity index (χ2v) is 6.06. The molecule has 0 saturated heterocycles. The fourth-order valence-corrected chi connectivity index (χ4v) is 2.55. The molecular formula is C17H24O2. The maximum absolute atomic E-state index is 10.1. The summed E-state index contributed by atoms with van der Waals surface area (Å²) >= 11 is 0. The van der Waals surface area contributed by atoms with E-state index in [-0.39, 0.29) is 12.0 Å². The normalized spacial score (nSPS) is 24.1. The fraction of sp³-hybridized carbons (Fsp3) is 0.529. The largest absolute Gasteiger partial charge is 0.390 e. The Morgan fingerprint density at radius 1 is 1.26 bits per heavy atom. The number of aliphatic hydroxyl groups is 1. The lowest BCUT2D eigenvalue weighted by Gasteiger charge is -2.35. The zero-order valence-corrected chi connectivity index (χ0v) is 12.1. The molecule has 104 valence electrons. The second kappa shape index (κ2) is 5.89. The lowest BCUT2D eigenvalue weighted by Crippen LogP contribution is -2.36. The average Bonchev–Trinajstić information content (AvgIpc) is 2.37. The van der Waals surface area contributed by atoms with E-state index < -0.39 is 5.60 Å². The lowest BCUT2D eigenvalue weighted by molar-refractivity contribution is -0.0264. The van der Waals surface area contributed by atoms with Gasteiger partial charge in [-0.25, -0.2) is 0 Å². The van der Waals surface area contributed by atoms with Gasteiger partial charge >= 0.3 is 0 Å². The predicted octanol–water partition coefficient (Wildman–Crippen LogP) is 3.70. The molecule has 1 aliphatic carbocycles. The number of ether oxygens (including phenoxy) is 1. The molecule has 2 nitrogen and oxygen atoms in total. The van der Waals surface area contributed by atoms with Crippen molar-refractivity contribution in [1.29, 1.82) is 0 Å². The molecule has 0 radical (unpaired) electrons.